The molecule has 0 aliphatic rings. The molecular formula is C16H14N2O4. The van der Waals surface area contributed by atoms with Crippen LogP contribution in [0.2, 0.25) is 0 Å². The first-order valence-electron chi connectivity index (χ1n) is 6.46. The summed E-state index contributed by atoms with van der Waals surface area (Å²) in [7, 11) is 1.43. The summed E-state index contributed by atoms with van der Waals surface area (Å²) >= 11 is 0. The monoisotopic (exact) mass is 298 g/mol. The molecule has 0 saturated heterocycles. The van der Waals surface area contributed by atoms with Gasteiger partial charge in [-0.2, -0.15) is 0 Å². The number of nitro benzene ring substituents is 1. The van der Waals surface area contributed by atoms with Gasteiger partial charge in [-0.25, -0.2) is 0 Å². The first-order valence-corrected chi connectivity index (χ1v) is 6.46. The first kappa shape index (κ1) is 15.2. The Morgan fingerprint density at radius 3 is 2.59 bits per heavy atom. The largest absolute Gasteiger partial charge is 0.495 e. The number of methoxy groups -OCH3 is 1. The third-order valence-electron chi connectivity index (χ3n) is 2.88. The molecule has 0 fully saturated rings. The maximum atomic E-state index is 11.9. The van der Waals surface area contributed by atoms with Crippen molar-refractivity contribution in [3.05, 3.63) is 70.3 Å². The SMILES string of the molecule is COc1ccc([N+](=O)[O-])cc1NC(=O)/C=C/c1ccccc1. The molecular weight excluding hydrogens is 284 g/mol. The normalized spacial score (nSPS) is 10.4. The zero-order valence-electron chi connectivity index (χ0n) is 11.9. The number of hydrogen-bond acceptors (Lipinski definition) is 4. The maximum absolute atomic E-state index is 11.9. The molecule has 0 heterocycles. The molecule has 0 aliphatic heterocycles. The van der Waals surface area contributed by atoms with E-state index in [0.717, 1.165) is 5.56 Å². The van der Waals surface area contributed by atoms with Gasteiger partial charge >= 0.3 is 0 Å². The molecule has 6 nitrogen and oxygen atoms in total. The van der Waals surface area contributed by atoms with Gasteiger partial charge in [-0.1, -0.05) is 30.3 Å². The van der Waals surface area contributed by atoms with Crippen LogP contribution in [0.5, 0.6) is 5.75 Å². The van der Waals surface area contributed by atoms with Gasteiger partial charge < -0.3 is 10.1 Å². The van der Waals surface area contributed by atoms with Gasteiger partial charge in [-0.3, -0.25) is 14.9 Å². The Morgan fingerprint density at radius 1 is 1.23 bits per heavy atom. The van der Waals surface area contributed by atoms with E-state index in [2.05, 4.69) is 5.32 Å². The topological polar surface area (TPSA) is 81.5 Å². The van der Waals surface area contributed by atoms with Crippen LogP contribution in [-0.4, -0.2) is 17.9 Å². The first-order chi connectivity index (χ1) is 10.6. The molecule has 1 amide bonds. The zero-order valence-corrected chi connectivity index (χ0v) is 11.9. The predicted octanol–water partition coefficient (Wildman–Crippen LogP) is 3.26. The molecule has 0 aliphatic carbocycles. The quantitative estimate of drug-likeness (QED) is 0.522. The summed E-state index contributed by atoms with van der Waals surface area (Å²) in [5.41, 5.74) is 1.01. The van der Waals surface area contributed by atoms with Gasteiger partial charge in [0.1, 0.15) is 5.75 Å². The highest BCUT2D eigenvalue weighted by molar-refractivity contribution is 6.03. The second kappa shape index (κ2) is 7.03. The van der Waals surface area contributed by atoms with Crippen molar-refractivity contribution < 1.29 is 14.5 Å². The van der Waals surface area contributed by atoms with Crippen LogP contribution in [0.25, 0.3) is 6.08 Å². The smallest absolute Gasteiger partial charge is 0.271 e. The van der Waals surface area contributed by atoms with Crippen LogP contribution in [0, 0.1) is 10.1 Å². The fraction of sp³-hybridized carbons (Fsp3) is 0.0625. The highest BCUT2D eigenvalue weighted by Gasteiger charge is 2.12. The molecule has 0 radical (unpaired) electrons. The second-order valence-electron chi connectivity index (χ2n) is 4.37. The molecule has 0 bridgehead atoms. The van der Waals surface area contributed by atoms with Gasteiger partial charge in [0.05, 0.1) is 17.7 Å². The van der Waals surface area contributed by atoms with Crippen LogP contribution in [-0.2, 0) is 4.79 Å². The summed E-state index contributed by atoms with van der Waals surface area (Å²) in [4.78, 5) is 22.2. The number of nitrogens with one attached hydrogen (secondary N) is 1. The fourth-order valence-corrected chi connectivity index (χ4v) is 1.82. The van der Waals surface area contributed by atoms with E-state index in [-0.39, 0.29) is 11.4 Å². The van der Waals surface area contributed by atoms with Crippen LogP contribution in [0.15, 0.2) is 54.6 Å². The van der Waals surface area contributed by atoms with Gasteiger partial charge in [-0.15, -0.1) is 0 Å². The van der Waals surface area contributed by atoms with Gasteiger partial charge in [0.2, 0.25) is 5.91 Å². The van der Waals surface area contributed by atoms with Gasteiger partial charge in [0.25, 0.3) is 5.69 Å². The summed E-state index contributed by atoms with van der Waals surface area (Å²) < 4.78 is 5.08. The molecule has 6 heteroatoms. The standard InChI is InChI=1S/C16H14N2O4/c1-22-15-9-8-13(18(20)21)11-14(15)17-16(19)10-7-12-5-3-2-4-6-12/h2-11H,1H3,(H,17,19)/b10-7+. The highest BCUT2D eigenvalue weighted by Crippen LogP contribution is 2.28. The third kappa shape index (κ3) is 3.92. The van der Waals surface area contributed by atoms with E-state index in [0.29, 0.717) is 5.75 Å². The summed E-state index contributed by atoms with van der Waals surface area (Å²) in [6.07, 6.45) is 3.01. The number of rotatable bonds is 5. The lowest BCUT2D eigenvalue weighted by Crippen LogP contribution is -2.09. The lowest BCUT2D eigenvalue weighted by molar-refractivity contribution is -0.384. The van der Waals surface area contributed by atoms with E-state index in [1.807, 2.05) is 30.3 Å². The number of ether oxygens (including phenoxy) is 1. The third-order valence-corrected chi connectivity index (χ3v) is 2.88. The minimum absolute atomic E-state index is 0.122. The molecule has 2 aromatic carbocycles. The van der Waals surface area contributed by atoms with Crippen molar-refractivity contribution >= 4 is 23.4 Å². The minimum atomic E-state index is -0.533. The van der Waals surface area contributed by atoms with Crippen molar-refractivity contribution in [1.29, 1.82) is 0 Å². The summed E-state index contributed by atoms with van der Waals surface area (Å²) in [6, 6.07) is 13.3. The molecule has 0 unspecified atom stereocenters. The molecule has 0 saturated carbocycles. The Kier molecular flexibility index (Phi) is 4.87. The van der Waals surface area contributed by atoms with Crippen LogP contribution >= 0.6 is 0 Å². The molecule has 2 rings (SSSR count). The number of hydrogen-bond donors (Lipinski definition) is 1. The Hall–Kier alpha value is -3.15. The molecule has 0 spiro atoms. The Labute approximate surface area is 127 Å². The van der Waals surface area contributed by atoms with Gasteiger partial charge in [0, 0.05) is 18.2 Å². The predicted molar refractivity (Wildman–Crippen MR) is 83.8 cm³/mol. The van der Waals surface area contributed by atoms with E-state index >= 15 is 0 Å². The number of nitrogens with zero attached hydrogens (tertiary/aromatic N) is 1. The van der Waals surface area contributed by atoms with E-state index in [9.17, 15) is 14.9 Å². The molecule has 22 heavy (non-hydrogen) atoms. The lowest BCUT2D eigenvalue weighted by Gasteiger charge is -2.08. The number of amides is 1. The van der Waals surface area contributed by atoms with E-state index in [1.165, 1.54) is 31.4 Å². The Bertz CT molecular complexity index is 711. The molecule has 2 aromatic rings. The summed E-state index contributed by atoms with van der Waals surface area (Å²) in [6.45, 7) is 0. The van der Waals surface area contributed by atoms with Crippen molar-refractivity contribution in [2.24, 2.45) is 0 Å². The average molecular weight is 298 g/mol. The average Bonchev–Trinajstić information content (AvgIpc) is 2.53. The van der Waals surface area contributed by atoms with Crippen molar-refractivity contribution in [1.82, 2.24) is 0 Å². The van der Waals surface area contributed by atoms with Crippen LogP contribution in [0.4, 0.5) is 11.4 Å². The number of carbonyl (C=O) groups is 1. The van der Waals surface area contributed by atoms with Crippen LogP contribution in [0.1, 0.15) is 5.56 Å². The fourth-order valence-electron chi connectivity index (χ4n) is 1.82. The number of carbonyl (C=O) groups excluding carboxylic acids is 1. The van der Waals surface area contributed by atoms with E-state index < -0.39 is 10.8 Å². The highest BCUT2D eigenvalue weighted by atomic mass is 16.6. The number of non-ortho nitro benzene ring substituents is 1. The molecule has 1 N–H and O–H groups in total. The lowest BCUT2D eigenvalue weighted by atomic mass is 10.2. The second-order valence-corrected chi connectivity index (χ2v) is 4.37. The van der Waals surface area contributed by atoms with Crippen LogP contribution < -0.4 is 10.1 Å². The summed E-state index contributed by atoms with van der Waals surface area (Å²) in [5.74, 6) is -0.0466. The van der Waals surface area contributed by atoms with E-state index in [1.54, 1.807) is 6.08 Å². The van der Waals surface area contributed by atoms with Crippen molar-refractivity contribution in [3.63, 3.8) is 0 Å². The molecule has 112 valence electrons. The number of nitro groups is 1. The van der Waals surface area contributed by atoms with Gasteiger partial charge in [0.15, 0.2) is 0 Å². The Balaban J connectivity index is 2.15. The molecule has 0 atom stereocenters. The van der Waals surface area contributed by atoms with Gasteiger partial charge in [-0.05, 0) is 17.7 Å². The minimum Gasteiger partial charge on any atom is -0.495 e. The number of anilines is 1. The van der Waals surface area contributed by atoms with Crippen LogP contribution in [0.3, 0.4) is 0 Å². The van der Waals surface area contributed by atoms with Crippen molar-refractivity contribution in [2.75, 3.05) is 12.4 Å². The van der Waals surface area contributed by atoms with E-state index in [4.69, 9.17) is 4.74 Å². The molecule has 0 aromatic heterocycles. The van der Waals surface area contributed by atoms with Crippen molar-refractivity contribution in [2.45, 2.75) is 0 Å². The Morgan fingerprint density at radius 2 is 1.95 bits per heavy atom. The summed E-state index contributed by atoms with van der Waals surface area (Å²) in [5, 5.41) is 13.4. The van der Waals surface area contributed by atoms with Crippen molar-refractivity contribution in [3.8, 4) is 5.75 Å². The number of benzene rings is 2. The zero-order chi connectivity index (χ0) is 15.9. The maximum Gasteiger partial charge on any atom is 0.271 e.